The highest BCUT2D eigenvalue weighted by Gasteiger charge is 2.02. The van der Waals surface area contributed by atoms with Crippen molar-refractivity contribution in [2.75, 3.05) is 6.61 Å². The number of hydrogen-bond acceptors (Lipinski definition) is 3. The highest BCUT2D eigenvalue weighted by molar-refractivity contribution is 5.80. The standard InChI is InChI=1S/C16H14F2N2O2/c17-14-7-5-12(6-8-14)9-19-16(21)11-22-20-10-13-3-1-2-4-15(13)18/h1-8,10H,9,11H2,(H,19,21)/b20-10-. The molecule has 1 amide bonds. The first-order valence-corrected chi connectivity index (χ1v) is 6.56. The molecule has 0 bridgehead atoms. The van der Waals surface area contributed by atoms with E-state index >= 15 is 0 Å². The number of halogens is 2. The molecule has 0 radical (unpaired) electrons. The summed E-state index contributed by atoms with van der Waals surface area (Å²) in [5.74, 6) is -1.13. The van der Waals surface area contributed by atoms with Crippen LogP contribution >= 0.6 is 0 Å². The molecule has 0 unspecified atom stereocenters. The summed E-state index contributed by atoms with van der Waals surface area (Å²) in [6.45, 7) is -0.0222. The summed E-state index contributed by atoms with van der Waals surface area (Å²) in [4.78, 5) is 16.3. The van der Waals surface area contributed by atoms with Crippen LogP contribution in [0, 0.1) is 11.6 Å². The number of carbonyl (C=O) groups is 1. The quantitative estimate of drug-likeness (QED) is 0.659. The Hall–Kier alpha value is -2.76. The molecule has 0 spiro atoms. The molecule has 0 fully saturated rings. The molecule has 1 N–H and O–H groups in total. The van der Waals surface area contributed by atoms with E-state index in [1.54, 1.807) is 24.3 Å². The van der Waals surface area contributed by atoms with Crippen LogP contribution in [-0.2, 0) is 16.2 Å². The van der Waals surface area contributed by atoms with Crippen LogP contribution < -0.4 is 5.32 Å². The van der Waals surface area contributed by atoms with E-state index < -0.39 is 5.82 Å². The first kappa shape index (κ1) is 15.6. The van der Waals surface area contributed by atoms with Crippen molar-refractivity contribution in [2.24, 2.45) is 5.16 Å². The van der Waals surface area contributed by atoms with Gasteiger partial charge in [-0.15, -0.1) is 0 Å². The largest absolute Gasteiger partial charge is 0.386 e. The van der Waals surface area contributed by atoms with E-state index in [0.29, 0.717) is 0 Å². The first-order chi connectivity index (χ1) is 10.6. The second kappa shape index (κ2) is 7.87. The lowest BCUT2D eigenvalue weighted by molar-refractivity contribution is -0.125. The minimum absolute atomic E-state index is 0.263. The van der Waals surface area contributed by atoms with Crippen LogP contribution in [0.4, 0.5) is 8.78 Å². The molecule has 0 saturated carbocycles. The zero-order valence-corrected chi connectivity index (χ0v) is 11.6. The van der Waals surface area contributed by atoms with E-state index in [2.05, 4.69) is 10.5 Å². The molecule has 2 aromatic carbocycles. The van der Waals surface area contributed by atoms with Crippen molar-refractivity contribution in [2.45, 2.75) is 6.54 Å². The minimum Gasteiger partial charge on any atom is -0.386 e. The van der Waals surface area contributed by atoms with Crippen molar-refractivity contribution in [3.05, 3.63) is 71.3 Å². The van der Waals surface area contributed by atoms with Gasteiger partial charge in [0.25, 0.3) is 5.91 Å². The van der Waals surface area contributed by atoms with Gasteiger partial charge in [-0.3, -0.25) is 4.79 Å². The van der Waals surface area contributed by atoms with Crippen LogP contribution in [-0.4, -0.2) is 18.7 Å². The molecule has 22 heavy (non-hydrogen) atoms. The Balaban J connectivity index is 1.72. The third-order valence-electron chi connectivity index (χ3n) is 2.77. The zero-order valence-electron chi connectivity index (χ0n) is 11.6. The van der Waals surface area contributed by atoms with E-state index in [9.17, 15) is 13.6 Å². The van der Waals surface area contributed by atoms with Crippen LogP contribution in [0.15, 0.2) is 53.7 Å². The highest BCUT2D eigenvalue weighted by Crippen LogP contribution is 2.03. The Labute approximate surface area is 126 Å². The maximum atomic E-state index is 13.3. The maximum absolute atomic E-state index is 13.3. The number of amides is 1. The van der Waals surface area contributed by atoms with Crippen LogP contribution in [0.3, 0.4) is 0 Å². The van der Waals surface area contributed by atoms with Gasteiger partial charge in [0.15, 0.2) is 6.61 Å². The fourth-order valence-electron chi connectivity index (χ4n) is 1.62. The zero-order chi connectivity index (χ0) is 15.8. The summed E-state index contributed by atoms with van der Waals surface area (Å²) in [7, 11) is 0. The third-order valence-corrected chi connectivity index (χ3v) is 2.77. The Bertz CT molecular complexity index is 657. The fraction of sp³-hybridized carbons (Fsp3) is 0.125. The van der Waals surface area contributed by atoms with E-state index in [0.717, 1.165) is 5.56 Å². The summed E-state index contributed by atoms with van der Waals surface area (Å²) in [6, 6.07) is 11.9. The van der Waals surface area contributed by atoms with Crippen molar-refractivity contribution in [1.82, 2.24) is 5.32 Å². The number of benzene rings is 2. The van der Waals surface area contributed by atoms with E-state index in [4.69, 9.17) is 4.84 Å². The molecule has 0 atom stereocenters. The van der Waals surface area contributed by atoms with Crippen molar-refractivity contribution < 1.29 is 18.4 Å². The number of rotatable bonds is 6. The molecule has 0 saturated heterocycles. The molecular formula is C16H14F2N2O2. The van der Waals surface area contributed by atoms with Crippen LogP contribution in [0.5, 0.6) is 0 Å². The van der Waals surface area contributed by atoms with Crippen LogP contribution in [0.1, 0.15) is 11.1 Å². The lowest BCUT2D eigenvalue weighted by Gasteiger charge is -2.04. The molecule has 6 heteroatoms. The van der Waals surface area contributed by atoms with Gasteiger partial charge in [-0.1, -0.05) is 35.5 Å². The third kappa shape index (κ3) is 4.97. The number of nitrogens with one attached hydrogen (secondary N) is 1. The van der Waals surface area contributed by atoms with Crippen LogP contribution in [0.25, 0.3) is 0 Å². The SMILES string of the molecule is O=C(CO/N=C\c1ccccc1F)NCc1ccc(F)cc1. The Kier molecular flexibility index (Phi) is 5.59. The van der Waals surface area contributed by atoms with Gasteiger partial charge in [0.2, 0.25) is 0 Å². The monoisotopic (exact) mass is 304 g/mol. The van der Waals surface area contributed by atoms with Gasteiger partial charge in [0, 0.05) is 12.1 Å². The van der Waals surface area contributed by atoms with E-state index in [1.807, 2.05) is 0 Å². The topological polar surface area (TPSA) is 50.7 Å². The van der Waals surface area contributed by atoms with Crippen molar-refractivity contribution in [1.29, 1.82) is 0 Å². The summed E-state index contributed by atoms with van der Waals surface area (Å²) in [6.07, 6.45) is 1.20. The lowest BCUT2D eigenvalue weighted by atomic mass is 10.2. The summed E-state index contributed by atoms with van der Waals surface area (Å²) >= 11 is 0. The maximum Gasteiger partial charge on any atom is 0.261 e. The van der Waals surface area contributed by atoms with Gasteiger partial charge in [-0.05, 0) is 23.8 Å². The van der Waals surface area contributed by atoms with Crippen molar-refractivity contribution in [3.8, 4) is 0 Å². The van der Waals surface area contributed by atoms with Gasteiger partial charge >= 0.3 is 0 Å². The highest BCUT2D eigenvalue weighted by atomic mass is 19.1. The van der Waals surface area contributed by atoms with Gasteiger partial charge in [-0.2, -0.15) is 0 Å². The van der Waals surface area contributed by atoms with E-state index in [1.165, 1.54) is 30.5 Å². The molecule has 2 rings (SSSR count). The van der Waals surface area contributed by atoms with Gasteiger partial charge in [0.1, 0.15) is 11.6 Å². The number of nitrogens with zero attached hydrogens (tertiary/aromatic N) is 1. The molecular weight excluding hydrogens is 290 g/mol. The second-order valence-corrected chi connectivity index (χ2v) is 4.43. The average Bonchev–Trinajstić information content (AvgIpc) is 2.52. The average molecular weight is 304 g/mol. The first-order valence-electron chi connectivity index (χ1n) is 6.56. The molecule has 0 aromatic heterocycles. The Morgan fingerprint density at radius 2 is 1.86 bits per heavy atom. The Morgan fingerprint density at radius 3 is 2.59 bits per heavy atom. The summed E-state index contributed by atoms with van der Waals surface area (Å²) in [5, 5.41) is 6.13. The van der Waals surface area contributed by atoms with Gasteiger partial charge < -0.3 is 10.2 Å². The molecule has 114 valence electrons. The molecule has 4 nitrogen and oxygen atoms in total. The number of oxime groups is 1. The smallest absolute Gasteiger partial charge is 0.261 e. The fourth-order valence-corrected chi connectivity index (χ4v) is 1.62. The number of carbonyl (C=O) groups excluding carboxylic acids is 1. The van der Waals surface area contributed by atoms with Crippen molar-refractivity contribution >= 4 is 12.1 Å². The normalized spacial score (nSPS) is 10.6. The molecule has 0 aliphatic heterocycles. The predicted molar refractivity (Wildman–Crippen MR) is 78.2 cm³/mol. The predicted octanol–water partition coefficient (Wildman–Crippen LogP) is 2.63. The van der Waals surface area contributed by atoms with E-state index in [-0.39, 0.29) is 30.4 Å². The van der Waals surface area contributed by atoms with Gasteiger partial charge in [0.05, 0.1) is 6.21 Å². The molecule has 0 heterocycles. The van der Waals surface area contributed by atoms with Crippen molar-refractivity contribution in [3.63, 3.8) is 0 Å². The summed E-state index contributed by atoms with van der Waals surface area (Å²) in [5.41, 5.74) is 1.04. The Morgan fingerprint density at radius 1 is 1.14 bits per heavy atom. The van der Waals surface area contributed by atoms with Crippen LogP contribution in [0.2, 0.25) is 0 Å². The second-order valence-electron chi connectivity index (χ2n) is 4.43. The minimum atomic E-state index is -0.421. The molecule has 0 aliphatic carbocycles. The molecule has 2 aromatic rings. The van der Waals surface area contributed by atoms with Gasteiger partial charge in [-0.25, -0.2) is 8.78 Å². The summed E-state index contributed by atoms with van der Waals surface area (Å²) < 4.78 is 26.0. The lowest BCUT2D eigenvalue weighted by Crippen LogP contribution is -2.26. The molecule has 0 aliphatic rings. The number of hydrogen-bond donors (Lipinski definition) is 1.